The van der Waals surface area contributed by atoms with E-state index in [0.717, 1.165) is 18.7 Å². The number of aliphatic carboxylic acids is 1. The number of carbonyl (C=O) groups is 1. The summed E-state index contributed by atoms with van der Waals surface area (Å²) in [6.07, 6.45) is 4.98. The summed E-state index contributed by atoms with van der Waals surface area (Å²) in [5, 5.41) is 26.9. The van der Waals surface area contributed by atoms with E-state index in [0.29, 0.717) is 32.2 Å². The van der Waals surface area contributed by atoms with E-state index in [1.165, 1.54) is 0 Å². The highest BCUT2D eigenvalue weighted by atomic mass is 16.4. The Balaban J connectivity index is 1.67. The summed E-state index contributed by atoms with van der Waals surface area (Å²) in [6, 6.07) is 1.98. The largest absolute Gasteiger partial charge is 0.481 e. The van der Waals surface area contributed by atoms with Crippen molar-refractivity contribution in [3.63, 3.8) is 0 Å². The zero-order valence-electron chi connectivity index (χ0n) is 11.9. The minimum atomic E-state index is -0.754. The molecule has 2 rings (SSSR count). The lowest BCUT2D eigenvalue weighted by Crippen LogP contribution is -2.44. The molecule has 0 saturated heterocycles. The van der Waals surface area contributed by atoms with Gasteiger partial charge in [-0.15, -0.1) is 0 Å². The van der Waals surface area contributed by atoms with Gasteiger partial charge in [-0.1, -0.05) is 0 Å². The first-order chi connectivity index (χ1) is 9.48. The van der Waals surface area contributed by atoms with Crippen LogP contribution in [0.2, 0.25) is 0 Å². The van der Waals surface area contributed by atoms with Crippen LogP contribution in [-0.4, -0.2) is 44.7 Å². The van der Waals surface area contributed by atoms with Crippen molar-refractivity contribution in [1.29, 1.82) is 0 Å². The van der Waals surface area contributed by atoms with Crippen molar-refractivity contribution in [1.82, 2.24) is 15.1 Å². The molecule has 3 N–H and O–H groups in total. The number of nitrogens with zero attached hydrogens (tertiary/aromatic N) is 2. The van der Waals surface area contributed by atoms with E-state index in [-0.39, 0.29) is 5.92 Å². The predicted molar refractivity (Wildman–Crippen MR) is 74.3 cm³/mol. The van der Waals surface area contributed by atoms with Gasteiger partial charge < -0.3 is 15.5 Å². The van der Waals surface area contributed by atoms with Crippen molar-refractivity contribution < 1.29 is 15.0 Å². The van der Waals surface area contributed by atoms with Gasteiger partial charge in [-0.25, -0.2) is 0 Å². The molecule has 1 aliphatic carbocycles. The Morgan fingerprint density at radius 3 is 2.80 bits per heavy atom. The lowest BCUT2D eigenvalue weighted by atomic mass is 9.79. The molecule has 6 nitrogen and oxygen atoms in total. The maximum Gasteiger partial charge on any atom is 0.306 e. The second kappa shape index (κ2) is 6.37. The van der Waals surface area contributed by atoms with Gasteiger partial charge in [0.25, 0.3) is 0 Å². The van der Waals surface area contributed by atoms with E-state index in [1.54, 1.807) is 4.68 Å². The number of hydrogen-bond acceptors (Lipinski definition) is 4. The molecule has 0 bridgehead atoms. The van der Waals surface area contributed by atoms with Crippen LogP contribution in [0, 0.1) is 5.92 Å². The Labute approximate surface area is 118 Å². The van der Waals surface area contributed by atoms with E-state index in [9.17, 15) is 9.90 Å². The Morgan fingerprint density at radius 2 is 2.25 bits per heavy atom. The second-order valence-corrected chi connectivity index (χ2v) is 5.74. The molecule has 0 amide bonds. The summed E-state index contributed by atoms with van der Waals surface area (Å²) in [5.74, 6) is -1.03. The van der Waals surface area contributed by atoms with Gasteiger partial charge in [0.2, 0.25) is 0 Å². The highest BCUT2D eigenvalue weighted by molar-refractivity contribution is 5.70. The van der Waals surface area contributed by atoms with Crippen LogP contribution in [0.15, 0.2) is 12.3 Å². The van der Waals surface area contributed by atoms with Crippen LogP contribution >= 0.6 is 0 Å². The third kappa shape index (κ3) is 4.05. The van der Waals surface area contributed by atoms with E-state index < -0.39 is 11.6 Å². The maximum absolute atomic E-state index is 10.9. The predicted octanol–water partition coefficient (Wildman–Crippen LogP) is 0.558. The third-order valence-electron chi connectivity index (χ3n) is 4.05. The third-order valence-corrected chi connectivity index (χ3v) is 4.05. The zero-order chi connectivity index (χ0) is 14.6. The van der Waals surface area contributed by atoms with Gasteiger partial charge in [0.15, 0.2) is 0 Å². The summed E-state index contributed by atoms with van der Waals surface area (Å²) in [6.45, 7) is 1.29. The number of carboxylic acid groups (broad SMARTS) is 1. The molecule has 0 aromatic carbocycles. The fourth-order valence-electron chi connectivity index (χ4n) is 2.71. The van der Waals surface area contributed by atoms with Crippen molar-refractivity contribution in [3.8, 4) is 0 Å². The molecule has 1 heterocycles. The summed E-state index contributed by atoms with van der Waals surface area (Å²) in [7, 11) is 1.89. The quantitative estimate of drug-likeness (QED) is 0.663. The Bertz CT molecular complexity index is 450. The van der Waals surface area contributed by atoms with Gasteiger partial charge in [0.1, 0.15) is 0 Å². The molecule has 1 fully saturated rings. The number of aromatic nitrogens is 2. The number of hydrogen-bond donors (Lipinski definition) is 3. The Kier molecular flexibility index (Phi) is 4.77. The SMILES string of the molecule is Cn1ccc(CCNCC2(O)CCC(C(=O)O)CC2)n1. The van der Waals surface area contributed by atoms with Crippen molar-refractivity contribution >= 4 is 5.97 Å². The Morgan fingerprint density at radius 1 is 1.55 bits per heavy atom. The van der Waals surface area contributed by atoms with E-state index >= 15 is 0 Å². The molecule has 1 saturated carbocycles. The van der Waals surface area contributed by atoms with E-state index in [1.807, 2.05) is 19.3 Å². The number of carboxylic acids is 1. The molecule has 112 valence electrons. The van der Waals surface area contributed by atoms with Crippen LogP contribution in [0.25, 0.3) is 0 Å². The normalized spacial score (nSPS) is 26.6. The second-order valence-electron chi connectivity index (χ2n) is 5.74. The molecular formula is C14H23N3O3. The smallest absolute Gasteiger partial charge is 0.306 e. The molecule has 20 heavy (non-hydrogen) atoms. The summed E-state index contributed by atoms with van der Waals surface area (Å²) in [4.78, 5) is 10.9. The van der Waals surface area contributed by atoms with Crippen LogP contribution in [0.5, 0.6) is 0 Å². The van der Waals surface area contributed by atoms with Crippen molar-refractivity contribution in [3.05, 3.63) is 18.0 Å². The average Bonchev–Trinajstić information content (AvgIpc) is 2.81. The number of aryl methyl sites for hydroxylation is 1. The Hall–Kier alpha value is -1.40. The molecule has 6 heteroatoms. The first kappa shape index (κ1) is 15.0. The number of aliphatic hydroxyl groups is 1. The van der Waals surface area contributed by atoms with Crippen molar-refractivity contribution in [2.75, 3.05) is 13.1 Å². The van der Waals surface area contributed by atoms with Crippen LogP contribution in [0.3, 0.4) is 0 Å². The molecule has 0 radical (unpaired) electrons. The molecule has 0 unspecified atom stereocenters. The molecule has 0 aliphatic heterocycles. The van der Waals surface area contributed by atoms with Gasteiger partial charge in [-0.05, 0) is 31.7 Å². The lowest BCUT2D eigenvalue weighted by molar-refractivity contribution is -0.144. The van der Waals surface area contributed by atoms with Crippen LogP contribution in [0.4, 0.5) is 0 Å². The number of nitrogens with one attached hydrogen (secondary N) is 1. The molecule has 0 spiro atoms. The summed E-state index contributed by atoms with van der Waals surface area (Å²) < 4.78 is 1.77. The molecule has 0 atom stereocenters. The first-order valence-electron chi connectivity index (χ1n) is 7.13. The first-order valence-corrected chi connectivity index (χ1v) is 7.13. The molecule has 1 aromatic rings. The van der Waals surface area contributed by atoms with Gasteiger partial charge in [-0.3, -0.25) is 9.48 Å². The van der Waals surface area contributed by atoms with Crippen LogP contribution in [0.1, 0.15) is 31.4 Å². The van der Waals surface area contributed by atoms with Gasteiger partial charge in [0.05, 0.1) is 17.2 Å². The lowest BCUT2D eigenvalue weighted by Gasteiger charge is -2.34. The zero-order valence-corrected chi connectivity index (χ0v) is 11.9. The van der Waals surface area contributed by atoms with Gasteiger partial charge in [0, 0.05) is 32.8 Å². The molecule has 1 aliphatic rings. The number of rotatable bonds is 6. The average molecular weight is 281 g/mol. The minimum Gasteiger partial charge on any atom is -0.481 e. The molecule has 1 aromatic heterocycles. The highest BCUT2D eigenvalue weighted by Crippen LogP contribution is 2.31. The van der Waals surface area contributed by atoms with Gasteiger partial charge >= 0.3 is 5.97 Å². The fourth-order valence-corrected chi connectivity index (χ4v) is 2.71. The van der Waals surface area contributed by atoms with E-state index in [4.69, 9.17) is 5.11 Å². The monoisotopic (exact) mass is 281 g/mol. The van der Waals surface area contributed by atoms with Gasteiger partial charge in [-0.2, -0.15) is 5.10 Å². The topological polar surface area (TPSA) is 87.4 Å². The molecular weight excluding hydrogens is 258 g/mol. The van der Waals surface area contributed by atoms with Crippen molar-refractivity contribution in [2.24, 2.45) is 13.0 Å². The minimum absolute atomic E-state index is 0.288. The van der Waals surface area contributed by atoms with Crippen LogP contribution < -0.4 is 5.32 Å². The fraction of sp³-hybridized carbons (Fsp3) is 0.714. The van der Waals surface area contributed by atoms with Crippen LogP contribution in [-0.2, 0) is 18.3 Å². The highest BCUT2D eigenvalue weighted by Gasteiger charge is 2.35. The van der Waals surface area contributed by atoms with Crippen molar-refractivity contribution in [2.45, 2.75) is 37.7 Å². The summed E-state index contributed by atoms with van der Waals surface area (Å²) >= 11 is 0. The summed E-state index contributed by atoms with van der Waals surface area (Å²) in [5.41, 5.74) is 0.275. The van der Waals surface area contributed by atoms with E-state index in [2.05, 4.69) is 10.4 Å². The standard InChI is InChI=1S/C14H23N3O3/c1-17-9-5-12(16-17)4-8-15-10-14(20)6-2-11(3-7-14)13(18)19/h5,9,11,15,20H,2-4,6-8,10H2,1H3,(H,18,19). The maximum atomic E-state index is 10.9.